The highest BCUT2D eigenvalue weighted by Gasteiger charge is 2.11. The highest BCUT2D eigenvalue weighted by atomic mass is 15.0. The average Bonchev–Trinajstić information content (AvgIpc) is 3.43. The smallest absolute Gasteiger partial charge is 0.0541 e. The number of H-pyrrole nitrogens is 1. The molecule has 39 heavy (non-hydrogen) atoms. The van der Waals surface area contributed by atoms with E-state index in [1.807, 2.05) is 0 Å². The number of hydrogen-bond donors (Lipinski definition) is 1. The Balaban J connectivity index is 0.000000153. The molecule has 0 aliphatic heterocycles. The minimum Gasteiger partial charge on any atom is -0.355 e. The molecule has 0 saturated carbocycles. The van der Waals surface area contributed by atoms with Crippen LogP contribution < -0.4 is 0 Å². The normalized spacial score (nSPS) is 12.3. The van der Waals surface area contributed by atoms with E-state index in [0.29, 0.717) is 0 Å². The summed E-state index contributed by atoms with van der Waals surface area (Å²) in [5.41, 5.74) is 9.92. The van der Waals surface area contributed by atoms with Gasteiger partial charge in [-0.1, -0.05) is 115 Å². The summed E-state index contributed by atoms with van der Waals surface area (Å²) in [4.78, 5) is 3.42. The van der Waals surface area contributed by atoms with Crippen molar-refractivity contribution in [2.75, 3.05) is 0 Å². The van der Waals surface area contributed by atoms with Gasteiger partial charge < -0.3 is 9.55 Å². The van der Waals surface area contributed by atoms with Gasteiger partial charge in [-0.3, -0.25) is 0 Å². The van der Waals surface area contributed by atoms with Gasteiger partial charge in [0.15, 0.2) is 0 Å². The van der Waals surface area contributed by atoms with Crippen molar-refractivity contribution in [3.8, 4) is 16.8 Å². The van der Waals surface area contributed by atoms with Crippen molar-refractivity contribution in [3.05, 3.63) is 151 Å². The van der Waals surface area contributed by atoms with E-state index in [0.717, 1.165) is 6.42 Å². The molecule has 2 nitrogen and oxygen atoms in total. The van der Waals surface area contributed by atoms with E-state index in [2.05, 4.69) is 161 Å². The van der Waals surface area contributed by atoms with Gasteiger partial charge in [0.1, 0.15) is 0 Å². The van der Waals surface area contributed by atoms with Crippen LogP contribution in [0.2, 0.25) is 0 Å². The lowest BCUT2D eigenvalue weighted by Crippen LogP contribution is -1.93. The standard InChI is InChI=1S/C24H17N.C13H11N/c1-2-8-18(9-3-1)19-14-16-20(17-15-19)25-23-12-6-4-10-21(23)22-11-5-7-13-24(22)25;1-2-6-10-11-7-4-5-9-13(11)14-12(10)8-3-1/h1-17H;2-9,14H,1H2. The first-order valence-corrected chi connectivity index (χ1v) is 13.4. The van der Waals surface area contributed by atoms with E-state index in [-0.39, 0.29) is 0 Å². The minimum absolute atomic E-state index is 1.02. The molecular weight excluding hydrogens is 472 g/mol. The number of fused-ring (bicyclic) bond motifs is 6. The molecule has 1 N–H and O–H groups in total. The molecule has 0 unspecified atom stereocenters. The predicted octanol–water partition coefficient (Wildman–Crippen LogP) is 10.0. The fourth-order valence-electron chi connectivity index (χ4n) is 5.58. The van der Waals surface area contributed by atoms with Crippen LogP contribution in [0.4, 0.5) is 0 Å². The van der Waals surface area contributed by atoms with Crippen molar-refractivity contribution in [1.29, 1.82) is 0 Å². The third-order valence-corrected chi connectivity index (χ3v) is 7.43. The summed E-state index contributed by atoms with van der Waals surface area (Å²) in [6.45, 7) is 0. The van der Waals surface area contributed by atoms with Crippen LogP contribution in [-0.2, 0) is 0 Å². The Labute approximate surface area is 228 Å². The number of hydrogen-bond acceptors (Lipinski definition) is 0. The number of para-hydroxylation sites is 3. The molecule has 0 bridgehead atoms. The highest BCUT2D eigenvalue weighted by molar-refractivity contribution is 6.09. The molecule has 0 atom stereocenters. The molecule has 0 amide bonds. The molecule has 5 aromatic carbocycles. The summed E-state index contributed by atoms with van der Waals surface area (Å²) >= 11 is 0. The van der Waals surface area contributed by atoms with E-state index in [1.54, 1.807) is 0 Å². The Morgan fingerprint density at radius 2 is 1.05 bits per heavy atom. The van der Waals surface area contributed by atoms with Gasteiger partial charge in [0.05, 0.1) is 11.0 Å². The number of allylic oxidation sites excluding steroid dienone is 2. The first kappa shape index (κ1) is 23.1. The summed E-state index contributed by atoms with van der Waals surface area (Å²) in [6.07, 6.45) is 9.76. The van der Waals surface area contributed by atoms with Crippen LogP contribution in [0.5, 0.6) is 0 Å². The van der Waals surface area contributed by atoms with E-state index in [1.165, 1.54) is 60.8 Å². The number of nitrogens with one attached hydrogen (secondary N) is 1. The summed E-state index contributed by atoms with van der Waals surface area (Å²) in [5.74, 6) is 0. The van der Waals surface area contributed by atoms with Crippen LogP contribution in [0, 0.1) is 0 Å². The van der Waals surface area contributed by atoms with E-state index < -0.39 is 0 Å². The Morgan fingerprint density at radius 3 is 1.77 bits per heavy atom. The molecule has 0 spiro atoms. The Morgan fingerprint density at radius 1 is 0.487 bits per heavy atom. The SMILES string of the molecule is C1=Cc2[nH]c3ccccc3c2C=CC1.c1ccc(-c2ccc(-n3c4ccccc4c4ccccc43)cc2)cc1. The lowest BCUT2D eigenvalue weighted by molar-refractivity contribution is 1.18. The average molecular weight is 501 g/mol. The Bertz CT molecular complexity index is 1910. The van der Waals surface area contributed by atoms with Crippen LogP contribution in [0.3, 0.4) is 0 Å². The van der Waals surface area contributed by atoms with Gasteiger partial charge in [-0.25, -0.2) is 0 Å². The second kappa shape index (κ2) is 10.00. The van der Waals surface area contributed by atoms with E-state index in [9.17, 15) is 0 Å². The number of aromatic amines is 1. The number of rotatable bonds is 2. The summed E-state index contributed by atoms with van der Waals surface area (Å²) < 4.78 is 2.35. The van der Waals surface area contributed by atoms with Gasteiger partial charge in [-0.2, -0.15) is 0 Å². The molecule has 8 rings (SSSR count). The maximum Gasteiger partial charge on any atom is 0.0541 e. The number of benzene rings is 5. The summed E-state index contributed by atoms with van der Waals surface area (Å²) in [7, 11) is 0. The van der Waals surface area contributed by atoms with Crippen molar-refractivity contribution in [1.82, 2.24) is 9.55 Å². The largest absolute Gasteiger partial charge is 0.355 e. The van der Waals surface area contributed by atoms with Gasteiger partial charge in [0.25, 0.3) is 0 Å². The zero-order chi connectivity index (χ0) is 26.0. The summed E-state index contributed by atoms with van der Waals surface area (Å²) in [5, 5.41) is 3.90. The first-order valence-electron chi connectivity index (χ1n) is 13.4. The van der Waals surface area contributed by atoms with Gasteiger partial charge in [0.2, 0.25) is 0 Å². The number of aromatic nitrogens is 2. The van der Waals surface area contributed by atoms with E-state index >= 15 is 0 Å². The molecule has 0 saturated heterocycles. The van der Waals surface area contributed by atoms with Crippen LogP contribution in [0.15, 0.2) is 140 Å². The van der Waals surface area contributed by atoms with E-state index in [4.69, 9.17) is 0 Å². The number of nitrogens with zero attached hydrogens (tertiary/aromatic N) is 1. The van der Waals surface area contributed by atoms with Crippen LogP contribution in [0.25, 0.3) is 61.7 Å². The lowest BCUT2D eigenvalue weighted by Gasteiger charge is -2.09. The summed E-state index contributed by atoms with van der Waals surface area (Å²) in [6, 6.07) is 45.0. The molecule has 2 aromatic heterocycles. The molecule has 2 heteroatoms. The van der Waals surface area contributed by atoms with Gasteiger partial charge in [-0.15, -0.1) is 0 Å². The van der Waals surface area contributed by atoms with Gasteiger partial charge in [0, 0.05) is 38.6 Å². The van der Waals surface area contributed by atoms with Crippen LogP contribution in [-0.4, -0.2) is 9.55 Å². The van der Waals surface area contributed by atoms with Crippen LogP contribution in [0.1, 0.15) is 17.7 Å². The molecule has 2 heterocycles. The lowest BCUT2D eigenvalue weighted by atomic mass is 10.1. The zero-order valence-electron chi connectivity index (χ0n) is 21.6. The zero-order valence-corrected chi connectivity index (χ0v) is 21.6. The van der Waals surface area contributed by atoms with Crippen molar-refractivity contribution < 1.29 is 0 Å². The van der Waals surface area contributed by atoms with Crippen molar-refractivity contribution >= 4 is 44.9 Å². The van der Waals surface area contributed by atoms with Crippen molar-refractivity contribution in [2.45, 2.75) is 6.42 Å². The van der Waals surface area contributed by atoms with Crippen molar-refractivity contribution in [3.63, 3.8) is 0 Å². The fourth-order valence-corrected chi connectivity index (χ4v) is 5.58. The van der Waals surface area contributed by atoms with Crippen molar-refractivity contribution in [2.24, 2.45) is 0 Å². The topological polar surface area (TPSA) is 20.7 Å². The molecule has 0 radical (unpaired) electrons. The molecule has 1 aliphatic carbocycles. The fraction of sp³-hybridized carbons (Fsp3) is 0.0270. The first-order chi connectivity index (χ1) is 19.4. The predicted molar refractivity (Wildman–Crippen MR) is 167 cm³/mol. The Hall–Kier alpha value is -5.08. The van der Waals surface area contributed by atoms with Gasteiger partial charge in [-0.05, 0) is 54.0 Å². The molecule has 1 aliphatic rings. The Kier molecular flexibility index (Phi) is 5.91. The van der Waals surface area contributed by atoms with Crippen LogP contribution >= 0.6 is 0 Å². The highest BCUT2D eigenvalue weighted by Crippen LogP contribution is 2.32. The minimum atomic E-state index is 1.02. The molecular formula is C37H28N2. The monoisotopic (exact) mass is 500 g/mol. The maximum atomic E-state index is 3.42. The van der Waals surface area contributed by atoms with Gasteiger partial charge >= 0.3 is 0 Å². The third kappa shape index (κ3) is 4.26. The molecule has 7 aromatic rings. The maximum absolute atomic E-state index is 3.42. The second-order valence-corrected chi connectivity index (χ2v) is 9.82. The molecule has 186 valence electrons. The quantitative estimate of drug-likeness (QED) is 0.244. The third-order valence-electron chi connectivity index (χ3n) is 7.43. The second-order valence-electron chi connectivity index (χ2n) is 9.82. The molecule has 0 fully saturated rings.